The van der Waals surface area contributed by atoms with E-state index >= 15 is 0 Å². The minimum atomic E-state index is -0.842. The molecule has 0 radical (unpaired) electrons. The first-order valence-corrected chi connectivity index (χ1v) is 35.3. The quantitative estimate of drug-likeness (QED) is 0.0320. The summed E-state index contributed by atoms with van der Waals surface area (Å²) < 4.78 is 5.51. The minimum absolute atomic E-state index is 0.0167. The maximum absolute atomic E-state index is 12.5. The summed E-state index contributed by atoms with van der Waals surface area (Å²) in [5.41, 5.74) is 0. The van der Waals surface area contributed by atoms with Gasteiger partial charge in [-0.1, -0.05) is 326 Å². The topological polar surface area (TPSA) is 95.9 Å². The summed E-state index contributed by atoms with van der Waals surface area (Å²) >= 11 is 0. The number of aliphatic hydroxyl groups is 2. The molecule has 2 atom stereocenters. The van der Waals surface area contributed by atoms with E-state index < -0.39 is 12.1 Å². The van der Waals surface area contributed by atoms with Crippen LogP contribution in [0.25, 0.3) is 0 Å². The fraction of sp³-hybridized carbons (Fsp3) is 0.889. The van der Waals surface area contributed by atoms with E-state index in [1.54, 1.807) is 6.08 Å². The summed E-state index contributed by atoms with van der Waals surface area (Å²) in [5, 5.41) is 23.1. The van der Waals surface area contributed by atoms with Crippen molar-refractivity contribution >= 4 is 11.9 Å². The van der Waals surface area contributed by atoms with Crippen LogP contribution >= 0.6 is 0 Å². The van der Waals surface area contributed by atoms with Crippen LogP contribution in [0.2, 0.25) is 0 Å². The number of allylic oxidation sites excluding steroid dienone is 5. The third kappa shape index (κ3) is 63.3. The van der Waals surface area contributed by atoms with Crippen LogP contribution in [0, 0.1) is 0 Å². The Labute approximate surface area is 487 Å². The molecule has 0 aromatic rings. The van der Waals surface area contributed by atoms with Gasteiger partial charge in [-0.25, -0.2) is 0 Å². The Balaban J connectivity index is 3.35. The van der Waals surface area contributed by atoms with Gasteiger partial charge in [-0.05, 0) is 83.5 Å². The highest BCUT2D eigenvalue weighted by atomic mass is 16.5. The normalized spacial score (nSPS) is 12.7. The first-order chi connectivity index (χ1) is 38.5. The van der Waals surface area contributed by atoms with E-state index in [-0.39, 0.29) is 18.5 Å². The van der Waals surface area contributed by atoms with Crippen LogP contribution in [-0.2, 0) is 14.3 Å². The molecule has 1 amide bonds. The number of carbonyl (C=O) groups excluding carboxylic acids is 2. The number of nitrogens with one attached hydrogen (secondary N) is 1. The number of hydrogen-bond donors (Lipinski definition) is 3. The molecule has 0 fully saturated rings. The fourth-order valence-electron chi connectivity index (χ4n) is 11.0. The van der Waals surface area contributed by atoms with Crippen molar-refractivity contribution in [1.82, 2.24) is 5.32 Å². The maximum atomic E-state index is 12.5. The van der Waals surface area contributed by atoms with Crippen molar-refractivity contribution in [1.29, 1.82) is 0 Å². The Morgan fingerprint density at radius 1 is 0.346 bits per heavy atom. The average Bonchev–Trinajstić information content (AvgIpc) is 3.44. The zero-order valence-electron chi connectivity index (χ0n) is 52.7. The van der Waals surface area contributed by atoms with Gasteiger partial charge in [-0.2, -0.15) is 0 Å². The number of hydrogen-bond acceptors (Lipinski definition) is 5. The molecule has 2 unspecified atom stereocenters. The van der Waals surface area contributed by atoms with Gasteiger partial charge in [0.1, 0.15) is 0 Å². The molecule has 460 valence electrons. The van der Waals surface area contributed by atoms with Gasteiger partial charge in [0, 0.05) is 12.8 Å². The number of unbranched alkanes of at least 4 members (excludes halogenated alkanes) is 51. The molecule has 6 nitrogen and oxygen atoms in total. The van der Waals surface area contributed by atoms with Crippen LogP contribution in [0.3, 0.4) is 0 Å². The molecule has 0 aliphatic rings. The zero-order chi connectivity index (χ0) is 56.4. The molecule has 0 aliphatic heterocycles. The molecule has 0 rings (SSSR count). The predicted octanol–water partition coefficient (Wildman–Crippen LogP) is 22.7. The first kappa shape index (κ1) is 76.1. The van der Waals surface area contributed by atoms with Crippen LogP contribution < -0.4 is 5.32 Å². The van der Waals surface area contributed by atoms with Gasteiger partial charge < -0.3 is 20.3 Å². The fourth-order valence-corrected chi connectivity index (χ4v) is 11.0. The molecule has 0 aromatic carbocycles. The van der Waals surface area contributed by atoms with Crippen molar-refractivity contribution in [3.05, 3.63) is 36.5 Å². The highest BCUT2D eigenvalue weighted by Gasteiger charge is 2.18. The Morgan fingerprint density at radius 3 is 0.910 bits per heavy atom. The summed E-state index contributed by atoms with van der Waals surface area (Å²) in [7, 11) is 0. The summed E-state index contributed by atoms with van der Waals surface area (Å²) in [6.45, 7) is 4.92. The van der Waals surface area contributed by atoms with E-state index in [0.29, 0.717) is 19.4 Å². The van der Waals surface area contributed by atoms with Gasteiger partial charge in [0.05, 0.1) is 25.4 Å². The van der Waals surface area contributed by atoms with Crippen molar-refractivity contribution < 1.29 is 24.5 Å². The lowest BCUT2D eigenvalue weighted by Crippen LogP contribution is -2.45. The molecular formula is C72H137NO5. The molecule has 0 saturated heterocycles. The van der Waals surface area contributed by atoms with Crippen molar-refractivity contribution in [2.45, 2.75) is 398 Å². The van der Waals surface area contributed by atoms with Gasteiger partial charge in [0.2, 0.25) is 5.91 Å². The monoisotopic (exact) mass is 1100 g/mol. The molecule has 78 heavy (non-hydrogen) atoms. The van der Waals surface area contributed by atoms with E-state index in [4.69, 9.17) is 4.74 Å². The minimum Gasteiger partial charge on any atom is -0.466 e. The molecule has 0 heterocycles. The van der Waals surface area contributed by atoms with Crippen LogP contribution in [0.4, 0.5) is 0 Å². The molecule has 0 spiro atoms. The highest BCUT2D eigenvalue weighted by molar-refractivity contribution is 5.76. The number of carbonyl (C=O) groups is 2. The molecule has 0 aromatic heterocycles. The Kier molecular flexibility index (Phi) is 65.9. The van der Waals surface area contributed by atoms with Crippen molar-refractivity contribution in [2.24, 2.45) is 0 Å². The maximum Gasteiger partial charge on any atom is 0.305 e. The number of aliphatic hydroxyl groups excluding tert-OH is 2. The van der Waals surface area contributed by atoms with Gasteiger partial charge in [-0.3, -0.25) is 9.59 Å². The second-order valence-electron chi connectivity index (χ2n) is 24.2. The molecular weight excluding hydrogens is 959 g/mol. The van der Waals surface area contributed by atoms with Crippen LogP contribution in [0.15, 0.2) is 36.5 Å². The third-order valence-electron chi connectivity index (χ3n) is 16.4. The second-order valence-corrected chi connectivity index (χ2v) is 24.2. The van der Waals surface area contributed by atoms with Crippen LogP contribution in [0.5, 0.6) is 0 Å². The molecule has 6 heteroatoms. The Hall–Kier alpha value is -1.92. The number of amides is 1. The first-order valence-electron chi connectivity index (χ1n) is 35.3. The Bertz CT molecular complexity index is 1260. The Morgan fingerprint density at radius 2 is 0.603 bits per heavy atom. The van der Waals surface area contributed by atoms with E-state index in [2.05, 4.69) is 43.5 Å². The van der Waals surface area contributed by atoms with Crippen molar-refractivity contribution in [2.75, 3.05) is 13.2 Å². The zero-order valence-corrected chi connectivity index (χ0v) is 52.7. The molecule has 0 bridgehead atoms. The van der Waals surface area contributed by atoms with E-state index in [1.807, 2.05) is 6.08 Å². The standard InChI is InChI=1S/C72H137NO5/c1-3-5-7-9-11-13-15-17-18-19-32-36-39-42-46-50-54-58-62-66-72(77)78-67-63-59-55-51-47-43-40-37-34-31-29-27-25-23-21-20-22-24-26-28-30-33-35-38-41-45-49-53-57-61-65-71(76)73-69(68-74)70(75)64-60-56-52-48-44-16-14-12-10-8-6-4-2/h17-18,21,23,60,64,69-70,74-75H,3-16,19-20,22,24-59,61-63,65-68H2,1-2H3,(H,73,76)/b18-17-,23-21-,64-60+. The molecule has 0 saturated carbocycles. The van der Waals surface area contributed by atoms with Gasteiger partial charge in [0.15, 0.2) is 0 Å². The van der Waals surface area contributed by atoms with Crippen LogP contribution in [0.1, 0.15) is 386 Å². The predicted molar refractivity (Wildman–Crippen MR) is 343 cm³/mol. The van der Waals surface area contributed by atoms with Gasteiger partial charge in [0.25, 0.3) is 0 Å². The highest BCUT2D eigenvalue weighted by Crippen LogP contribution is 2.18. The third-order valence-corrected chi connectivity index (χ3v) is 16.4. The molecule has 0 aliphatic carbocycles. The van der Waals surface area contributed by atoms with Gasteiger partial charge in [-0.15, -0.1) is 0 Å². The SMILES string of the molecule is CCCCCCCC/C=C\CCCCCCCCCCCC(=O)OCCCCCCCCCCCCCC/C=C\CCCCCCCCCCCCCCCCC(=O)NC(CO)C(O)/C=C/CCCCCCCCCCCC. The van der Waals surface area contributed by atoms with Crippen molar-refractivity contribution in [3.63, 3.8) is 0 Å². The summed E-state index contributed by atoms with van der Waals surface area (Å²) in [4.78, 5) is 24.6. The lowest BCUT2D eigenvalue weighted by atomic mass is 10.0. The number of rotatable bonds is 66. The second kappa shape index (κ2) is 67.6. The number of ether oxygens (including phenoxy) is 1. The smallest absolute Gasteiger partial charge is 0.305 e. The summed E-state index contributed by atoms with van der Waals surface area (Å²) in [5.74, 6) is -0.0492. The van der Waals surface area contributed by atoms with E-state index in [0.717, 1.165) is 38.5 Å². The lowest BCUT2D eigenvalue weighted by Gasteiger charge is -2.20. The molecule has 3 N–H and O–H groups in total. The van der Waals surface area contributed by atoms with Crippen LogP contribution in [-0.4, -0.2) is 47.4 Å². The number of esters is 1. The summed E-state index contributed by atoms with van der Waals surface area (Å²) in [6, 6.07) is -0.626. The lowest BCUT2D eigenvalue weighted by molar-refractivity contribution is -0.143. The summed E-state index contributed by atoms with van der Waals surface area (Å²) in [6.07, 6.45) is 86.6. The largest absolute Gasteiger partial charge is 0.466 e. The van der Waals surface area contributed by atoms with E-state index in [1.165, 1.54) is 321 Å². The van der Waals surface area contributed by atoms with Gasteiger partial charge >= 0.3 is 5.97 Å². The average molecular weight is 1100 g/mol. The van der Waals surface area contributed by atoms with Crippen molar-refractivity contribution in [3.8, 4) is 0 Å². The van der Waals surface area contributed by atoms with E-state index in [9.17, 15) is 19.8 Å².